The van der Waals surface area contributed by atoms with Crippen LogP contribution in [0.5, 0.6) is 0 Å². The highest BCUT2D eigenvalue weighted by molar-refractivity contribution is 5.72. The van der Waals surface area contributed by atoms with Gasteiger partial charge in [0, 0.05) is 11.6 Å². The van der Waals surface area contributed by atoms with Crippen molar-refractivity contribution in [3.8, 4) is 0 Å². The van der Waals surface area contributed by atoms with E-state index in [1.807, 2.05) is 0 Å². The molecule has 1 aromatic carbocycles. The summed E-state index contributed by atoms with van der Waals surface area (Å²) >= 11 is 0. The fourth-order valence-corrected chi connectivity index (χ4v) is 3.35. The first-order valence-corrected chi connectivity index (χ1v) is 7.02. The van der Waals surface area contributed by atoms with Gasteiger partial charge in [-0.1, -0.05) is 18.6 Å². The van der Waals surface area contributed by atoms with E-state index in [9.17, 15) is 18.7 Å². The molecule has 2 atom stereocenters. The highest BCUT2D eigenvalue weighted by Gasteiger charge is 2.45. The minimum absolute atomic E-state index is 0.182. The number of carbonyl (C=O) groups is 1. The minimum Gasteiger partial charge on any atom is -0.481 e. The Morgan fingerprint density at radius 2 is 2.00 bits per heavy atom. The fraction of sp³-hybridized carbons (Fsp3) is 0.533. The van der Waals surface area contributed by atoms with Gasteiger partial charge in [0.25, 0.3) is 0 Å². The maximum atomic E-state index is 14.1. The molecule has 0 bridgehead atoms. The Morgan fingerprint density at radius 1 is 1.25 bits per heavy atom. The van der Waals surface area contributed by atoms with Crippen LogP contribution in [0.25, 0.3) is 0 Å². The second-order valence-corrected chi connectivity index (χ2v) is 5.64. The van der Waals surface area contributed by atoms with Crippen LogP contribution in [-0.4, -0.2) is 28.6 Å². The van der Waals surface area contributed by atoms with Gasteiger partial charge in [-0.3, -0.25) is 9.69 Å². The number of aliphatic carboxylic acids is 1. The molecule has 2 unspecified atom stereocenters. The lowest BCUT2D eigenvalue weighted by molar-refractivity contribution is -0.142. The number of hydrogen-bond acceptors (Lipinski definition) is 2. The molecule has 1 aliphatic heterocycles. The molecule has 20 heavy (non-hydrogen) atoms. The summed E-state index contributed by atoms with van der Waals surface area (Å²) in [6.07, 6.45) is 3.64. The molecule has 0 radical (unpaired) electrons. The van der Waals surface area contributed by atoms with Gasteiger partial charge >= 0.3 is 5.97 Å². The van der Waals surface area contributed by atoms with E-state index >= 15 is 0 Å². The van der Waals surface area contributed by atoms with Crippen LogP contribution in [0, 0.1) is 17.6 Å². The number of rotatable bonds is 3. The molecular weight excluding hydrogens is 264 g/mol. The third-order valence-corrected chi connectivity index (χ3v) is 4.60. The highest BCUT2D eigenvalue weighted by atomic mass is 19.2. The van der Waals surface area contributed by atoms with E-state index in [1.165, 1.54) is 12.1 Å². The van der Waals surface area contributed by atoms with Crippen molar-refractivity contribution in [1.82, 2.24) is 4.90 Å². The van der Waals surface area contributed by atoms with Gasteiger partial charge in [0.1, 0.15) is 0 Å². The van der Waals surface area contributed by atoms with Gasteiger partial charge in [-0.15, -0.1) is 0 Å². The molecule has 0 aromatic heterocycles. The first-order chi connectivity index (χ1) is 9.59. The summed E-state index contributed by atoms with van der Waals surface area (Å²) in [5.74, 6) is -3.41. The number of carboxylic acid groups (broad SMARTS) is 1. The Morgan fingerprint density at radius 3 is 2.60 bits per heavy atom. The van der Waals surface area contributed by atoms with Crippen molar-refractivity contribution in [2.75, 3.05) is 6.54 Å². The molecule has 3 nitrogen and oxygen atoms in total. The average molecular weight is 281 g/mol. The Kier molecular flexibility index (Phi) is 3.46. The van der Waals surface area contributed by atoms with E-state index in [4.69, 9.17) is 0 Å². The van der Waals surface area contributed by atoms with Crippen LogP contribution >= 0.6 is 0 Å². The summed E-state index contributed by atoms with van der Waals surface area (Å²) in [6.45, 7) is 0.641. The molecule has 2 fully saturated rings. The zero-order valence-electron chi connectivity index (χ0n) is 11.1. The van der Waals surface area contributed by atoms with Crippen LogP contribution in [0.2, 0.25) is 0 Å². The predicted octanol–water partition coefficient (Wildman–Crippen LogP) is 2.96. The monoisotopic (exact) mass is 281 g/mol. The number of nitrogens with zero attached hydrogens (tertiary/aromatic N) is 1. The maximum absolute atomic E-state index is 14.1. The summed E-state index contributed by atoms with van der Waals surface area (Å²) in [4.78, 5) is 13.5. The standard InChI is InChI=1S/C15H17F2NO2/c16-12-6-2-5-10(13(12)17)14-11(15(19)20)7-8-18(14)9-3-1-4-9/h2,5-6,9,11,14H,1,3-4,7-8H2,(H,19,20). The van der Waals surface area contributed by atoms with Gasteiger partial charge in [0.05, 0.1) is 12.0 Å². The maximum Gasteiger partial charge on any atom is 0.308 e. The normalized spacial score (nSPS) is 27.5. The number of likely N-dealkylation sites (tertiary alicyclic amines) is 1. The van der Waals surface area contributed by atoms with Crippen LogP contribution in [0.15, 0.2) is 18.2 Å². The predicted molar refractivity (Wildman–Crippen MR) is 69.2 cm³/mol. The topological polar surface area (TPSA) is 40.5 Å². The van der Waals surface area contributed by atoms with Crippen LogP contribution in [0.1, 0.15) is 37.3 Å². The third kappa shape index (κ3) is 2.10. The summed E-state index contributed by atoms with van der Waals surface area (Å²) in [6, 6.07) is 3.79. The second-order valence-electron chi connectivity index (χ2n) is 5.64. The van der Waals surface area contributed by atoms with Crippen LogP contribution in [0.3, 0.4) is 0 Å². The molecule has 1 heterocycles. The number of benzene rings is 1. The van der Waals surface area contributed by atoms with Gasteiger partial charge in [-0.2, -0.15) is 0 Å². The molecule has 1 N–H and O–H groups in total. The van der Waals surface area contributed by atoms with E-state index in [2.05, 4.69) is 4.90 Å². The van der Waals surface area contributed by atoms with Crippen molar-refractivity contribution in [3.63, 3.8) is 0 Å². The molecule has 1 aromatic rings. The van der Waals surface area contributed by atoms with E-state index < -0.39 is 29.6 Å². The molecule has 1 aliphatic carbocycles. The van der Waals surface area contributed by atoms with Crippen LogP contribution in [-0.2, 0) is 4.79 Å². The summed E-state index contributed by atoms with van der Waals surface area (Å²) in [5, 5.41) is 9.35. The van der Waals surface area contributed by atoms with Crippen molar-refractivity contribution < 1.29 is 18.7 Å². The molecule has 2 aliphatic rings. The van der Waals surface area contributed by atoms with Crippen LogP contribution in [0.4, 0.5) is 8.78 Å². The molecule has 0 amide bonds. The van der Waals surface area contributed by atoms with Gasteiger partial charge in [0.15, 0.2) is 11.6 Å². The Balaban J connectivity index is 1.99. The summed E-state index contributed by atoms with van der Waals surface area (Å²) in [7, 11) is 0. The quantitative estimate of drug-likeness (QED) is 0.926. The molecule has 1 saturated carbocycles. The van der Waals surface area contributed by atoms with Crippen molar-refractivity contribution >= 4 is 5.97 Å². The number of hydrogen-bond donors (Lipinski definition) is 1. The first-order valence-electron chi connectivity index (χ1n) is 7.02. The number of halogens is 2. The molecule has 0 spiro atoms. The van der Waals surface area contributed by atoms with Gasteiger partial charge < -0.3 is 5.11 Å². The Bertz CT molecular complexity index is 531. The fourth-order valence-electron chi connectivity index (χ4n) is 3.35. The molecular formula is C15H17F2NO2. The van der Waals surface area contributed by atoms with E-state index in [1.54, 1.807) is 0 Å². The van der Waals surface area contributed by atoms with Crippen molar-refractivity contribution in [1.29, 1.82) is 0 Å². The SMILES string of the molecule is O=C(O)C1CCN(C2CCC2)C1c1cccc(F)c1F. The second kappa shape index (κ2) is 5.13. The zero-order chi connectivity index (χ0) is 14.3. The zero-order valence-corrected chi connectivity index (χ0v) is 11.1. The van der Waals surface area contributed by atoms with Gasteiger partial charge in [-0.05, 0) is 31.9 Å². The first kappa shape index (κ1) is 13.5. The van der Waals surface area contributed by atoms with Gasteiger partial charge in [-0.25, -0.2) is 8.78 Å². The van der Waals surface area contributed by atoms with Crippen molar-refractivity contribution in [3.05, 3.63) is 35.4 Å². The van der Waals surface area contributed by atoms with Crippen LogP contribution < -0.4 is 0 Å². The lowest BCUT2D eigenvalue weighted by atomic mass is 9.87. The molecule has 108 valence electrons. The lowest BCUT2D eigenvalue weighted by Crippen LogP contribution is -2.41. The third-order valence-electron chi connectivity index (χ3n) is 4.60. The Labute approximate surface area is 116 Å². The smallest absolute Gasteiger partial charge is 0.308 e. The van der Waals surface area contributed by atoms with Gasteiger partial charge in [0.2, 0.25) is 0 Å². The van der Waals surface area contributed by atoms with Crippen molar-refractivity contribution in [2.24, 2.45) is 5.92 Å². The summed E-state index contributed by atoms with van der Waals surface area (Å²) in [5.41, 5.74) is 0.182. The van der Waals surface area contributed by atoms with Crippen molar-refractivity contribution in [2.45, 2.75) is 37.8 Å². The van der Waals surface area contributed by atoms with E-state index in [0.717, 1.165) is 25.3 Å². The largest absolute Gasteiger partial charge is 0.481 e. The lowest BCUT2D eigenvalue weighted by Gasteiger charge is -2.39. The average Bonchev–Trinajstić information content (AvgIpc) is 2.75. The van der Waals surface area contributed by atoms with E-state index in [-0.39, 0.29) is 5.56 Å². The molecule has 3 rings (SSSR count). The van der Waals surface area contributed by atoms with E-state index in [0.29, 0.717) is 19.0 Å². The number of carboxylic acids is 1. The highest BCUT2D eigenvalue weighted by Crippen LogP contribution is 2.43. The molecule has 1 saturated heterocycles. The molecule has 5 heteroatoms. The minimum atomic E-state index is -0.930. The Hall–Kier alpha value is -1.49. The summed E-state index contributed by atoms with van der Waals surface area (Å²) < 4.78 is 27.5.